The zero-order valence-corrected chi connectivity index (χ0v) is 10.7. The molecule has 2 aromatic heterocycles. The smallest absolute Gasteiger partial charge is 0.145 e. The van der Waals surface area contributed by atoms with Crippen molar-refractivity contribution in [2.24, 2.45) is 0 Å². The van der Waals surface area contributed by atoms with E-state index < -0.39 is 0 Å². The summed E-state index contributed by atoms with van der Waals surface area (Å²) in [6, 6.07) is 2.43. The maximum absolute atomic E-state index is 6.04. The van der Waals surface area contributed by atoms with Gasteiger partial charge in [0.15, 0.2) is 0 Å². The molecule has 0 radical (unpaired) electrons. The quantitative estimate of drug-likeness (QED) is 0.590. The van der Waals surface area contributed by atoms with Crippen molar-refractivity contribution in [1.82, 2.24) is 19.0 Å². The van der Waals surface area contributed by atoms with Crippen LogP contribution in [0, 0.1) is 0 Å². The molecule has 0 amide bonds. The average Bonchev–Trinajstić information content (AvgIpc) is 2.75. The van der Waals surface area contributed by atoms with Gasteiger partial charge in [-0.25, -0.2) is 14.4 Å². The van der Waals surface area contributed by atoms with Crippen LogP contribution in [0.4, 0.5) is 0 Å². The Kier molecular flexibility index (Phi) is 2.94. The molecule has 4 nitrogen and oxygen atoms in total. The van der Waals surface area contributed by atoms with Gasteiger partial charge < -0.3 is 4.57 Å². The lowest BCUT2D eigenvalue weighted by molar-refractivity contribution is 0.287. The van der Waals surface area contributed by atoms with Crippen molar-refractivity contribution in [3.8, 4) is 0 Å². The third-order valence-corrected chi connectivity index (χ3v) is 3.90. The van der Waals surface area contributed by atoms with E-state index >= 15 is 0 Å². The molecule has 0 saturated carbocycles. The molecule has 1 saturated heterocycles. The highest BCUT2D eigenvalue weighted by Gasteiger charge is 2.21. The molecule has 3 heterocycles. The minimum absolute atomic E-state index is 0.452. The van der Waals surface area contributed by atoms with Crippen LogP contribution in [0.25, 0.3) is 11.0 Å². The van der Waals surface area contributed by atoms with Crippen molar-refractivity contribution in [3.05, 3.63) is 23.7 Å². The second kappa shape index (κ2) is 4.44. The van der Waals surface area contributed by atoms with E-state index in [1.54, 1.807) is 0 Å². The number of rotatable bonds is 1. The van der Waals surface area contributed by atoms with Crippen molar-refractivity contribution < 1.29 is 0 Å². The van der Waals surface area contributed by atoms with E-state index in [1.807, 2.05) is 16.7 Å². The first-order chi connectivity index (χ1) is 8.25. The number of nitrogens with zero attached hydrogens (tertiary/aromatic N) is 4. The van der Waals surface area contributed by atoms with Crippen molar-refractivity contribution in [2.45, 2.75) is 18.9 Å². The van der Waals surface area contributed by atoms with Crippen LogP contribution in [0.15, 0.2) is 18.6 Å². The first-order valence-electron chi connectivity index (χ1n) is 5.63. The largest absolute Gasteiger partial charge is 0.329 e. The van der Waals surface area contributed by atoms with Crippen LogP contribution >= 0.6 is 23.4 Å². The van der Waals surface area contributed by atoms with Crippen LogP contribution < -0.4 is 0 Å². The molecule has 0 bridgehead atoms. The zero-order chi connectivity index (χ0) is 11.8. The first-order valence-corrected chi connectivity index (χ1v) is 6.35. The third kappa shape index (κ3) is 2.01. The van der Waals surface area contributed by atoms with Crippen molar-refractivity contribution in [2.75, 3.05) is 13.1 Å². The van der Waals surface area contributed by atoms with Crippen LogP contribution in [0.3, 0.4) is 0 Å². The highest BCUT2D eigenvalue weighted by Crippen LogP contribution is 2.29. The second-order valence-corrected chi connectivity index (χ2v) is 5.10. The summed E-state index contributed by atoms with van der Waals surface area (Å²) >= 11 is 12.0. The van der Waals surface area contributed by atoms with Crippen LogP contribution in [0.2, 0.25) is 5.15 Å². The number of hydrogen-bond acceptors (Lipinski definition) is 3. The van der Waals surface area contributed by atoms with Gasteiger partial charge in [-0.3, -0.25) is 0 Å². The summed E-state index contributed by atoms with van der Waals surface area (Å²) in [5.74, 6) is 0. The Bertz CT molecular complexity index is 531. The van der Waals surface area contributed by atoms with E-state index in [0.717, 1.165) is 37.0 Å². The molecular formula is C11H12Cl2N4. The summed E-state index contributed by atoms with van der Waals surface area (Å²) in [7, 11) is 0. The molecule has 0 aliphatic carbocycles. The first kappa shape index (κ1) is 11.3. The molecule has 1 aliphatic heterocycles. The number of piperidine rings is 1. The SMILES string of the molecule is Clc1ncnc2c1ccn2C1CCN(Cl)CC1. The van der Waals surface area contributed by atoms with Gasteiger partial charge in [0.05, 0.1) is 5.39 Å². The van der Waals surface area contributed by atoms with E-state index in [9.17, 15) is 0 Å². The lowest BCUT2D eigenvalue weighted by Gasteiger charge is -2.28. The lowest BCUT2D eigenvalue weighted by Crippen LogP contribution is -2.27. The van der Waals surface area contributed by atoms with Gasteiger partial charge in [0.1, 0.15) is 17.1 Å². The molecule has 0 atom stereocenters. The molecule has 6 heteroatoms. The number of fused-ring (bicyclic) bond motifs is 1. The summed E-state index contributed by atoms with van der Waals surface area (Å²) in [4.78, 5) is 8.31. The van der Waals surface area contributed by atoms with Gasteiger partial charge in [0, 0.05) is 25.3 Å². The molecule has 0 spiro atoms. The highest BCUT2D eigenvalue weighted by atomic mass is 35.5. The predicted molar refractivity (Wildman–Crippen MR) is 68.2 cm³/mol. The van der Waals surface area contributed by atoms with Gasteiger partial charge in [-0.15, -0.1) is 0 Å². The Morgan fingerprint density at radius 2 is 2.00 bits per heavy atom. The Balaban J connectivity index is 1.98. The fourth-order valence-corrected chi connectivity index (χ4v) is 2.73. The van der Waals surface area contributed by atoms with Gasteiger partial charge in [0.25, 0.3) is 0 Å². The van der Waals surface area contributed by atoms with Gasteiger partial charge in [0.2, 0.25) is 0 Å². The average molecular weight is 271 g/mol. The highest BCUT2D eigenvalue weighted by molar-refractivity contribution is 6.33. The van der Waals surface area contributed by atoms with Gasteiger partial charge in [-0.1, -0.05) is 11.6 Å². The molecular weight excluding hydrogens is 259 g/mol. The van der Waals surface area contributed by atoms with E-state index in [2.05, 4.69) is 14.5 Å². The minimum Gasteiger partial charge on any atom is -0.329 e. The molecule has 0 N–H and O–H groups in total. The molecule has 0 unspecified atom stereocenters. The fourth-order valence-electron chi connectivity index (χ4n) is 2.35. The lowest BCUT2D eigenvalue weighted by atomic mass is 10.1. The molecule has 2 aromatic rings. The normalized spacial score (nSPS) is 18.9. The summed E-state index contributed by atoms with van der Waals surface area (Å²) in [6.45, 7) is 1.81. The molecule has 17 heavy (non-hydrogen) atoms. The number of hydrogen-bond donors (Lipinski definition) is 0. The number of aromatic nitrogens is 3. The molecule has 1 fully saturated rings. The van der Waals surface area contributed by atoms with E-state index in [-0.39, 0.29) is 0 Å². The van der Waals surface area contributed by atoms with E-state index in [0.29, 0.717) is 11.2 Å². The van der Waals surface area contributed by atoms with Crippen molar-refractivity contribution in [1.29, 1.82) is 0 Å². The second-order valence-electron chi connectivity index (χ2n) is 4.27. The van der Waals surface area contributed by atoms with Gasteiger partial charge in [-0.05, 0) is 30.7 Å². The van der Waals surface area contributed by atoms with E-state index in [4.69, 9.17) is 23.4 Å². The van der Waals surface area contributed by atoms with Crippen molar-refractivity contribution in [3.63, 3.8) is 0 Å². The summed E-state index contributed by atoms with van der Waals surface area (Å²) in [6.07, 6.45) is 5.63. The summed E-state index contributed by atoms with van der Waals surface area (Å²) in [5.41, 5.74) is 0.915. The Morgan fingerprint density at radius 1 is 1.24 bits per heavy atom. The standard InChI is InChI=1S/C11H12Cl2N4/c12-10-9-3-6-17(11(9)15-7-14-10)8-1-4-16(13)5-2-8/h3,6-8H,1-2,4-5H2. The topological polar surface area (TPSA) is 34.0 Å². The van der Waals surface area contributed by atoms with Crippen LogP contribution in [-0.4, -0.2) is 32.0 Å². The van der Waals surface area contributed by atoms with Crippen LogP contribution in [-0.2, 0) is 0 Å². The third-order valence-electron chi connectivity index (χ3n) is 3.26. The van der Waals surface area contributed by atoms with Crippen molar-refractivity contribution >= 4 is 34.4 Å². The maximum Gasteiger partial charge on any atom is 0.145 e. The minimum atomic E-state index is 0.452. The van der Waals surface area contributed by atoms with Crippen LogP contribution in [0.1, 0.15) is 18.9 Å². The molecule has 1 aliphatic rings. The van der Waals surface area contributed by atoms with Gasteiger partial charge >= 0.3 is 0 Å². The Hall–Kier alpha value is -0.840. The summed E-state index contributed by atoms with van der Waals surface area (Å²) in [5, 5.41) is 1.44. The fraction of sp³-hybridized carbons (Fsp3) is 0.455. The Morgan fingerprint density at radius 3 is 2.76 bits per heavy atom. The van der Waals surface area contributed by atoms with E-state index in [1.165, 1.54) is 6.33 Å². The Labute approximate surface area is 109 Å². The van der Waals surface area contributed by atoms with Crippen LogP contribution in [0.5, 0.6) is 0 Å². The zero-order valence-electron chi connectivity index (χ0n) is 9.18. The molecule has 90 valence electrons. The number of halogens is 2. The molecule has 3 rings (SSSR count). The summed E-state index contributed by atoms with van der Waals surface area (Å²) < 4.78 is 4.02. The van der Waals surface area contributed by atoms with Gasteiger partial charge in [-0.2, -0.15) is 0 Å². The molecule has 0 aromatic carbocycles. The maximum atomic E-state index is 6.04. The predicted octanol–water partition coefficient (Wildman–Crippen LogP) is 2.88. The monoisotopic (exact) mass is 270 g/mol.